The summed E-state index contributed by atoms with van der Waals surface area (Å²) in [6.07, 6.45) is 0.358. The molecule has 0 aliphatic carbocycles. The summed E-state index contributed by atoms with van der Waals surface area (Å²) in [6.45, 7) is 6.77. The topological polar surface area (TPSA) is 45.2 Å². The monoisotopic (exact) mass is 393 g/mol. The number of likely N-dealkylation sites (N-methyl/N-ethyl adjacent to an activating group) is 1. The fourth-order valence-corrected chi connectivity index (χ4v) is 4.01. The Bertz CT molecular complexity index is 919. The van der Waals surface area contributed by atoms with Crippen molar-refractivity contribution in [3.8, 4) is 11.3 Å². The van der Waals surface area contributed by atoms with E-state index in [0.717, 1.165) is 26.8 Å². The van der Waals surface area contributed by atoms with Crippen LogP contribution >= 0.6 is 11.3 Å². The molecule has 1 N–H and O–H groups in total. The minimum absolute atomic E-state index is 0.0327. The molecular weight excluding hydrogens is 366 g/mol. The van der Waals surface area contributed by atoms with Crippen molar-refractivity contribution >= 4 is 22.9 Å². The lowest BCUT2D eigenvalue weighted by atomic mass is 10.1. The molecule has 1 amide bonds. The van der Waals surface area contributed by atoms with Crippen molar-refractivity contribution < 1.29 is 4.79 Å². The molecular formula is C23H27N3OS. The number of amides is 1. The summed E-state index contributed by atoms with van der Waals surface area (Å²) in [5.41, 5.74) is 4.34. The zero-order chi connectivity index (χ0) is 20.1. The molecule has 1 atom stereocenters. The van der Waals surface area contributed by atoms with Gasteiger partial charge in [0.25, 0.3) is 0 Å². The number of anilines is 1. The Balaban J connectivity index is 1.62. The number of carbonyl (C=O) groups is 1. The molecule has 28 heavy (non-hydrogen) atoms. The van der Waals surface area contributed by atoms with E-state index >= 15 is 0 Å². The van der Waals surface area contributed by atoms with E-state index in [1.165, 1.54) is 5.56 Å². The second-order valence-corrected chi connectivity index (χ2v) is 8.43. The van der Waals surface area contributed by atoms with E-state index in [-0.39, 0.29) is 11.9 Å². The highest BCUT2D eigenvalue weighted by atomic mass is 32.1. The van der Waals surface area contributed by atoms with Crippen molar-refractivity contribution in [2.24, 2.45) is 0 Å². The summed E-state index contributed by atoms with van der Waals surface area (Å²) in [7, 11) is 2.05. The molecule has 2 aromatic carbocycles. The number of aromatic nitrogens is 1. The zero-order valence-corrected chi connectivity index (χ0v) is 17.7. The number of nitrogens with one attached hydrogen (secondary N) is 1. The number of carbonyl (C=O) groups excluding carboxylic acids is 1. The molecule has 0 saturated heterocycles. The predicted molar refractivity (Wildman–Crippen MR) is 118 cm³/mol. The Morgan fingerprint density at radius 1 is 1.11 bits per heavy atom. The number of rotatable bonds is 7. The highest BCUT2D eigenvalue weighted by Gasteiger charge is 2.16. The first-order valence-electron chi connectivity index (χ1n) is 9.52. The van der Waals surface area contributed by atoms with Crippen LogP contribution in [0.2, 0.25) is 0 Å². The number of hydrogen-bond acceptors (Lipinski definition) is 4. The van der Waals surface area contributed by atoms with Crippen LogP contribution in [-0.2, 0) is 11.2 Å². The maximum Gasteiger partial charge on any atom is 0.225 e. The summed E-state index contributed by atoms with van der Waals surface area (Å²) in [4.78, 5) is 20.4. The first kappa shape index (κ1) is 20.1. The molecule has 1 unspecified atom stereocenters. The van der Waals surface area contributed by atoms with Gasteiger partial charge in [0, 0.05) is 35.8 Å². The summed E-state index contributed by atoms with van der Waals surface area (Å²) >= 11 is 1.60. The highest BCUT2D eigenvalue weighted by Crippen LogP contribution is 2.28. The van der Waals surface area contributed by atoms with Crippen LogP contribution in [0.25, 0.3) is 11.3 Å². The molecule has 4 nitrogen and oxygen atoms in total. The maximum atomic E-state index is 12.6. The Morgan fingerprint density at radius 2 is 1.79 bits per heavy atom. The van der Waals surface area contributed by atoms with E-state index in [9.17, 15) is 4.79 Å². The van der Waals surface area contributed by atoms with Crippen molar-refractivity contribution in [1.29, 1.82) is 0 Å². The van der Waals surface area contributed by atoms with Gasteiger partial charge in [-0.3, -0.25) is 4.79 Å². The molecule has 1 aromatic heterocycles. The zero-order valence-electron chi connectivity index (χ0n) is 16.9. The first-order valence-corrected chi connectivity index (χ1v) is 10.3. The van der Waals surface area contributed by atoms with Crippen molar-refractivity contribution in [2.75, 3.05) is 18.5 Å². The number of nitrogens with zero attached hydrogens (tertiary/aromatic N) is 2. The van der Waals surface area contributed by atoms with Gasteiger partial charge in [-0.25, -0.2) is 4.98 Å². The normalized spacial score (nSPS) is 11.9. The van der Waals surface area contributed by atoms with Gasteiger partial charge < -0.3 is 10.2 Å². The molecule has 1 heterocycles. The van der Waals surface area contributed by atoms with Crippen molar-refractivity contribution in [3.05, 3.63) is 70.0 Å². The Labute approximate surface area is 171 Å². The van der Waals surface area contributed by atoms with Gasteiger partial charge in [-0.1, -0.05) is 48.0 Å². The van der Waals surface area contributed by atoms with Gasteiger partial charge in [0.1, 0.15) is 0 Å². The van der Waals surface area contributed by atoms with Crippen LogP contribution in [0, 0.1) is 13.8 Å². The van der Waals surface area contributed by atoms with Crippen molar-refractivity contribution in [2.45, 2.75) is 33.2 Å². The SMILES string of the molecule is Cc1ccc(-c2nc(C)sc2CC(=O)NCC(C)N(C)c2ccccc2)cc1. The third-order valence-corrected chi connectivity index (χ3v) is 5.84. The van der Waals surface area contributed by atoms with E-state index in [0.29, 0.717) is 13.0 Å². The summed E-state index contributed by atoms with van der Waals surface area (Å²) in [5, 5.41) is 4.06. The van der Waals surface area contributed by atoms with Gasteiger partial charge in [0.2, 0.25) is 5.91 Å². The average Bonchev–Trinajstić information content (AvgIpc) is 3.06. The van der Waals surface area contributed by atoms with Crippen LogP contribution < -0.4 is 10.2 Å². The molecule has 0 spiro atoms. The smallest absolute Gasteiger partial charge is 0.225 e. The summed E-state index contributed by atoms with van der Waals surface area (Å²) < 4.78 is 0. The number of hydrogen-bond donors (Lipinski definition) is 1. The standard InChI is InChI=1S/C23H27N3OS/c1-16-10-12-19(13-11-16)23-21(28-18(3)25-23)14-22(27)24-15-17(2)26(4)20-8-6-5-7-9-20/h5-13,17H,14-15H2,1-4H3,(H,24,27). The molecule has 5 heteroatoms. The number of thiazole rings is 1. The van der Waals surface area contributed by atoms with E-state index in [1.54, 1.807) is 11.3 Å². The Hall–Kier alpha value is -2.66. The van der Waals surface area contributed by atoms with E-state index in [4.69, 9.17) is 0 Å². The minimum atomic E-state index is 0.0327. The molecule has 3 aromatic rings. The molecule has 3 rings (SSSR count). The van der Waals surface area contributed by atoms with Crippen molar-refractivity contribution in [3.63, 3.8) is 0 Å². The quantitative estimate of drug-likeness (QED) is 0.637. The van der Waals surface area contributed by atoms with Gasteiger partial charge in [-0.2, -0.15) is 0 Å². The number of aryl methyl sites for hydroxylation is 2. The van der Waals surface area contributed by atoms with Crippen LogP contribution in [0.4, 0.5) is 5.69 Å². The minimum Gasteiger partial charge on any atom is -0.370 e. The second-order valence-electron chi connectivity index (χ2n) is 7.15. The van der Waals surface area contributed by atoms with Crippen LogP contribution in [0.5, 0.6) is 0 Å². The molecule has 0 radical (unpaired) electrons. The van der Waals surface area contributed by atoms with Crippen LogP contribution in [0.15, 0.2) is 54.6 Å². The van der Waals surface area contributed by atoms with Crippen LogP contribution in [0.3, 0.4) is 0 Å². The lowest BCUT2D eigenvalue weighted by molar-refractivity contribution is -0.120. The first-order chi connectivity index (χ1) is 13.4. The summed E-state index contributed by atoms with van der Waals surface area (Å²) in [5.74, 6) is 0.0327. The average molecular weight is 394 g/mol. The molecule has 0 aliphatic heterocycles. The van der Waals surface area contributed by atoms with Gasteiger partial charge in [0.05, 0.1) is 17.1 Å². The lowest BCUT2D eigenvalue weighted by Crippen LogP contribution is -2.40. The van der Waals surface area contributed by atoms with E-state index < -0.39 is 0 Å². The van der Waals surface area contributed by atoms with Gasteiger partial charge in [-0.05, 0) is 32.9 Å². The van der Waals surface area contributed by atoms with Gasteiger partial charge in [0.15, 0.2) is 0 Å². The second kappa shape index (κ2) is 9.02. The fraction of sp³-hybridized carbons (Fsp3) is 0.304. The van der Waals surface area contributed by atoms with Gasteiger partial charge >= 0.3 is 0 Å². The molecule has 0 saturated carbocycles. The van der Waals surface area contributed by atoms with Gasteiger partial charge in [-0.15, -0.1) is 11.3 Å². The third kappa shape index (κ3) is 4.98. The number of para-hydroxylation sites is 1. The highest BCUT2D eigenvalue weighted by molar-refractivity contribution is 7.12. The Morgan fingerprint density at radius 3 is 2.46 bits per heavy atom. The predicted octanol–water partition coefficient (Wildman–Crippen LogP) is 4.61. The molecule has 0 aliphatic rings. The van der Waals surface area contributed by atoms with Crippen molar-refractivity contribution in [1.82, 2.24) is 10.3 Å². The largest absolute Gasteiger partial charge is 0.370 e. The summed E-state index contributed by atoms with van der Waals surface area (Å²) in [6, 6.07) is 18.7. The van der Waals surface area contributed by atoms with Crippen LogP contribution in [-0.4, -0.2) is 30.5 Å². The molecule has 0 bridgehead atoms. The van der Waals surface area contributed by atoms with E-state index in [2.05, 4.69) is 65.4 Å². The lowest BCUT2D eigenvalue weighted by Gasteiger charge is -2.27. The van der Waals surface area contributed by atoms with Crippen LogP contribution in [0.1, 0.15) is 22.4 Å². The number of benzene rings is 2. The maximum absolute atomic E-state index is 12.6. The molecule has 0 fully saturated rings. The molecule has 146 valence electrons. The fourth-order valence-electron chi connectivity index (χ4n) is 3.05. The third-order valence-electron chi connectivity index (χ3n) is 4.87. The Kier molecular flexibility index (Phi) is 6.47. The van der Waals surface area contributed by atoms with E-state index in [1.807, 2.05) is 32.2 Å².